The van der Waals surface area contributed by atoms with E-state index in [9.17, 15) is 9.59 Å². The van der Waals surface area contributed by atoms with Crippen LogP contribution in [0.25, 0.3) is 0 Å². The van der Waals surface area contributed by atoms with Crippen LogP contribution in [-0.2, 0) is 4.79 Å². The zero-order valence-corrected chi connectivity index (χ0v) is 13.4. The van der Waals surface area contributed by atoms with E-state index in [1.54, 1.807) is 32.3 Å². The Balaban J connectivity index is 2.76. The van der Waals surface area contributed by atoms with Crippen LogP contribution in [0.4, 0.5) is 5.69 Å². The van der Waals surface area contributed by atoms with Crippen LogP contribution in [0.1, 0.15) is 30.1 Å². The highest BCUT2D eigenvalue weighted by Gasteiger charge is 2.13. The summed E-state index contributed by atoms with van der Waals surface area (Å²) in [5, 5.41) is 3.15. The Labute approximate surface area is 130 Å². The molecule has 1 atom stereocenters. The summed E-state index contributed by atoms with van der Waals surface area (Å²) < 4.78 is 0. The third-order valence-electron chi connectivity index (χ3n) is 3.16. The van der Waals surface area contributed by atoms with Crippen LogP contribution in [0.5, 0.6) is 0 Å². The standard InChI is InChI=1S/C15H22ClN3O2/c1-10(9-17)4-7-14(20)18-13-8-11(5-6-12(13)16)15(21)19(2)3/h5-6,8,10H,4,7,9,17H2,1-3H3,(H,18,20). The van der Waals surface area contributed by atoms with Gasteiger partial charge < -0.3 is 16.0 Å². The third-order valence-corrected chi connectivity index (χ3v) is 3.49. The molecule has 0 aliphatic rings. The van der Waals surface area contributed by atoms with Gasteiger partial charge in [-0.1, -0.05) is 18.5 Å². The van der Waals surface area contributed by atoms with Crippen LogP contribution < -0.4 is 11.1 Å². The lowest BCUT2D eigenvalue weighted by molar-refractivity contribution is -0.116. The Bertz CT molecular complexity index is 518. The zero-order valence-electron chi connectivity index (χ0n) is 12.6. The fourth-order valence-electron chi connectivity index (χ4n) is 1.72. The van der Waals surface area contributed by atoms with Crippen molar-refractivity contribution in [2.24, 2.45) is 11.7 Å². The minimum Gasteiger partial charge on any atom is -0.345 e. The topological polar surface area (TPSA) is 75.4 Å². The van der Waals surface area contributed by atoms with Crippen molar-refractivity contribution in [3.63, 3.8) is 0 Å². The van der Waals surface area contributed by atoms with E-state index in [1.807, 2.05) is 6.92 Å². The van der Waals surface area contributed by atoms with E-state index in [0.29, 0.717) is 35.2 Å². The van der Waals surface area contributed by atoms with Gasteiger partial charge in [0.25, 0.3) is 5.91 Å². The van der Waals surface area contributed by atoms with Gasteiger partial charge in [0.15, 0.2) is 0 Å². The Morgan fingerprint density at radius 1 is 1.38 bits per heavy atom. The second kappa shape index (κ2) is 8.00. The van der Waals surface area contributed by atoms with E-state index in [-0.39, 0.29) is 11.8 Å². The van der Waals surface area contributed by atoms with Crippen molar-refractivity contribution in [3.8, 4) is 0 Å². The van der Waals surface area contributed by atoms with Gasteiger partial charge in [0.05, 0.1) is 10.7 Å². The maximum absolute atomic E-state index is 11.9. The summed E-state index contributed by atoms with van der Waals surface area (Å²) >= 11 is 6.05. The molecule has 1 unspecified atom stereocenters. The van der Waals surface area contributed by atoms with Crippen LogP contribution in [-0.4, -0.2) is 37.4 Å². The van der Waals surface area contributed by atoms with E-state index < -0.39 is 0 Å². The predicted octanol–water partition coefficient (Wildman–Crippen LogP) is 2.36. The fraction of sp³-hybridized carbons (Fsp3) is 0.467. The summed E-state index contributed by atoms with van der Waals surface area (Å²) in [6.07, 6.45) is 1.09. The molecule has 21 heavy (non-hydrogen) atoms. The largest absolute Gasteiger partial charge is 0.345 e. The Hall–Kier alpha value is -1.59. The summed E-state index contributed by atoms with van der Waals surface area (Å²) in [7, 11) is 3.34. The molecule has 0 fully saturated rings. The van der Waals surface area contributed by atoms with E-state index in [0.717, 1.165) is 6.42 Å². The predicted molar refractivity (Wildman–Crippen MR) is 85.6 cm³/mol. The van der Waals surface area contributed by atoms with Crippen molar-refractivity contribution in [3.05, 3.63) is 28.8 Å². The number of amides is 2. The van der Waals surface area contributed by atoms with Crippen molar-refractivity contribution in [2.45, 2.75) is 19.8 Å². The molecular weight excluding hydrogens is 290 g/mol. The molecule has 0 saturated heterocycles. The number of hydrogen-bond donors (Lipinski definition) is 2. The number of carbonyl (C=O) groups excluding carboxylic acids is 2. The third kappa shape index (κ3) is 5.36. The number of rotatable bonds is 6. The molecule has 0 aliphatic heterocycles. The molecular formula is C15H22ClN3O2. The van der Waals surface area contributed by atoms with Crippen LogP contribution >= 0.6 is 11.6 Å². The molecule has 5 nitrogen and oxygen atoms in total. The summed E-state index contributed by atoms with van der Waals surface area (Å²) in [6, 6.07) is 4.84. The number of carbonyl (C=O) groups is 2. The van der Waals surface area contributed by atoms with Crippen molar-refractivity contribution < 1.29 is 9.59 Å². The van der Waals surface area contributed by atoms with Crippen LogP contribution in [0.2, 0.25) is 5.02 Å². The highest BCUT2D eigenvalue weighted by Crippen LogP contribution is 2.24. The van der Waals surface area contributed by atoms with Crippen LogP contribution in [0, 0.1) is 5.92 Å². The summed E-state index contributed by atoms with van der Waals surface area (Å²) in [5.74, 6) is 0.0263. The van der Waals surface area contributed by atoms with Crippen molar-refractivity contribution in [1.82, 2.24) is 4.90 Å². The quantitative estimate of drug-likeness (QED) is 0.846. The molecule has 1 aromatic rings. The van der Waals surface area contributed by atoms with E-state index >= 15 is 0 Å². The molecule has 116 valence electrons. The molecule has 0 radical (unpaired) electrons. The zero-order chi connectivity index (χ0) is 16.0. The molecule has 0 aliphatic carbocycles. The molecule has 0 heterocycles. The second-order valence-corrected chi connectivity index (χ2v) is 5.73. The summed E-state index contributed by atoms with van der Waals surface area (Å²) in [6.45, 7) is 2.55. The van der Waals surface area contributed by atoms with Crippen LogP contribution in [0.3, 0.4) is 0 Å². The molecule has 0 bridgehead atoms. The number of halogens is 1. The molecule has 0 saturated carbocycles. The van der Waals surface area contributed by atoms with Gasteiger partial charge in [-0.3, -0.25) is 9.59 Å². The first-order valence-electron chi connectivity index (χ1n) is 6.86. The Morgan fingerprint density at radius 3 is 2.62 bits per heavy atom. The second-order valence-electron chi connectivity index (χ2n) is 5.32. The normalized spacial score (nSPS) is 11.9. The highest BCUT2D eigenvalue weighted by atomic mass is 35.5. The SMILES string of the molecule is CC(CN)CCC(=O)Nc1cc(C(=O)N(C)C)ccc1Cl. The average molecular weight is 312 g/mol. The lowest BCUT2D eigenvalue weighted by Crippen LogP contribution is -2.22. The smallest absolute Gasteiger partial charge is 0.253 e. The summed E-state index contributed by atoms with van der Waals surface area (Å²) in [4.78, 5) is 25.3. The number of nitrogens with zero attached hydrogens (tertiary/aromatic N) is 1. The van der Waals surface area contributed by atoms with Gasteiger partial charge in [-0.15, -0.1) is 0 Å². The van der Waals surface area contributed by atoms with Gasteiger partial charge in [0.2, 0.25) is 5.91 Å². The van der Waals surface area contributed by atoms with E-state index in [4.69, 9.17) is 17.3 Å². The van der Waals surface area contributed by atoms with Gasteiger partial charge in [0.1, 0.15) is 0 Å². The Kier molecular flexibility index (Phi) is 6.65. The van der Waals surface area contributed by atoms with E-state index in [1.165, 1.54) is 4.90 Å². The molecule has 3 N–H and O–H groups in total. The molecule has 6 heteroatoms. The number of nitrogens with two attached hydrogens (primary N) is 1. The maximum Gasteiger partial charge on any atom is 0.253 e. The lowest BCUT2D eigenvalue weighted by Gasteiger charge is -2.13. The number of hydrogen-bond acceptors (Lipinski definition) is 3. The Morgan fingerprint density at radius 2 is 2.05 bits per heavy atom. The molecule has 1 rings (SSSR count). The molecule has 1 aromatic carbocycles. The first-order chi connectivity index (χ1) is 9.85. The van der Waals surface area contributed by atoms with Crippen molar-refractivity contribution in [1.29, 1.82) is 0 Å². The fourth-order valence-corrected chi connectivity index (χ4v) is 1.89. The van der Waals surface area contributed by atoms with Gasteiger partial charge >= 0.3 is 0 Å². The first kappa shape index (κ1) is 17.5. The molecule has 0 spiro atoms. The minimum atomic E-state index is -0.140. The molecule has 0 aromatic heterocycles. The monoisotopic (exact) mass is 311 g/mol. The minimum absolute atomic E-state index is 0.133. The van der Waals surface area contributed by atoms with Gasteiger partial charge in [-0.05, 0) is 37.1 Å². The lowest BCUT2D eigenvalue weighted by atomic mass is 10.1. The highest BCUT2D eigenvalue weighted by molar-refractivity contribution is 6.33. The number of benzene rings is 1. The van der Waals surface area contributed by atoms with Gasteiger partial charge in [0, 0.05) is 26.1 Å². The van der Waals surface area contributed by atoms with Gasteiger partial charge in [-0.2, -0.15) is 0 Å². The maximum atomic E-state index is 11.9. The average Bonchev–Trinajstić information content (AvgIpc) is 2.46. The number of nitrogens with one attached hydrogen (secondary N) is 1. The summed E-state index contributed by atoms with van der Waals surface area (Å²) in [5.41, 5.74) is 6.46. The first-order valence-corrected chi connectivity index (χ1v) is 7.24. The number of anilines is 1. The van der Waals surface area contributed by atoms with Gasteiger partial charge in [-0.25, -0.2) is 0 Å². The molecule has 2 amide bonds. The van der Waals surface area contributed by atoms with Crippen molar-refractivity contribution >= 4 is 29.1 Å². The van der Waals surface area contributed by atoms with Crippen LogP contribution in [0.15, 0.2) is 18.2 Å². The van der Waals surface area contributed by atoms with E-state index in [2.05, 4.69) is 5.32 Å². The van der Waals surface area contributed by atoms with Crippen molar-refractivity contribution in [2.75, 3.05) is 26.0 Å².